The molecule has 0 aliphatic rings. The second-order valence-electron chi connectivity index (χ2n) is 8.43. The van der Waals surface area contributed by atoms with Crippen molar-refractivity contribution in [1.29, 1.82) is 0 Å². The first-order valence-corrected chi connectivity index (χ1v) is 14.5. The molecule has 1 rings (SSSR count). The fourth-order valence-corrected chi connectivity index (χ4v) is 4.50. The number of rotatable bonds is 19. The van der Waals surface area contributed by atoms with Crippen molar-refractivity contribution in [2.45, 2.75) is 51.5 Å². The second kappa shape index (κ2) is 18.9. The number of anilines is 1. The molecule has 34 heavy (non-hydrogen) atoms. The SMILES string of the molecule is COC(=O)CCCCC(=O)N(CCCCN(CCCNSC)SC)Cc1ccc(N(C)C)cc1. The molecular formula is C25H44N4O3S2. The molecule has 7 nitrogen and oxygen atoms in total. The Bertz CT molecular complexity index is 689. The minimum atomic E-state index is -0.215. The van der Waals surface area contributed by atoms with Crippen molar-refractivity contribution < 1.29 is 14.3 Å². The molecule has 194 valence electrons. The first kappa shape index (κ1) is 30.6. The summed E-state index contributed by atoms with van der Waals surface area (Å²) in [4.78, 5) is 28.4. The van der Waals surface area contributed by atoms with Crippen LogP contribution >= 0.6 is 23.9 Å². The van der Waals surface area contributed by atoms with Gasteiger partial charge < -0.3 is 14.5 Å². The van der Waals surface area contributed by atoms with E-state index in [-0.39, 0.29) is 11.9 Å². The number of nitrogens with one attached hydrogen (secondary N) is 1. The molecule has 0 unspecified atom stereocenters. The molecule has 1 N–H and O–H groups in total. The van der Waals surface area contributed by atoms with Crippen molar-refractivity contribution in [3.8, 4) is 0 Å². The summed E-state index contributed by atoms with van der Waals surface area (Å²) in [6, 6.07) is 8.39. The average Bonchev–Trinajstić information content (AvgIpc) is 2.84. The summed E-state index contributed by atoms with van der Waals surface area (Å²) >= 11 is 3.46. The Morgan fingerprint density at radius 3 is 2.18 bits per heavy atom. The Morgan fingerprint density at radius 2 is 1.56 bits per heavy atom. The normalized spacial score (nSPS) is 11.0. The molecule has 0 aromatic heterocycles. The third-order valence-corrected chi connectivity index (χ3v) is 6.98. The van der Waals surface area contributed by atoms with Crippen LogP contribution in [-0.2, 0) is 20.9 Å². The van der Waals surface area contributed by atoms with Gasteiger partial charge >= 0.3 is 5.97 Å². The number of hydrogen-bond acceptors (Lipinski definition) is 8. The molecule has 0 saturated heterocycles. The zero-order chi connectivity index (χ0) is 25.2. The van der Waals surface area contributed by atoms with Crippen LogP contribution in [0.5, 0.6) is 0 Å². The zero-order valence-corrected chi connectivity index (χ0v) is 23.3. The Morgan fingerprint density at radius 1 is 0.912 bits per heavy atom. The molecule has 0 atom stereocenters. The predicted molar refractivity (Wildman–Crippen MR) is 147 cm³/mol. The van der Waals surface area contributed by atoms with E-state index in [1.54, 1.807) is 23.9 Å². The Labute approximate surface area is 215 Å². The van der Waals surface area contributed by atoms with Crippen molar-refractivity contribution in [3.63, 3.8) is 0 Å². The van der Waals surface area contributed by atoms with Crippen molar-refractivity contribution in [2.24, 2.45) is 0 Å². The van der Waals surface area contributed by atoms with E-state index in [4.69, 9.17) is 4.74 Å². The number of nitrogens with zero attached hydrogens (tertiary/aromatic N) is 3. The fraction of sp³-hybridized carbons (Fsp3) is 0.680. The number of carbonyl (C=O) groups is 2. The van der Waals surface area contributed by atoms with Crippen LogP contribution < -0.4 is 9.62 Å². The maximum Gasteiger partial charge on any atom is 0.305 e. The maximum absolute atomic E-state index is 13.0. The van der Waals surface area contributed by atoms with E-state index in [0.29, 0.717) is 32.2 Å². The van der Waals surface area contributed by atoms with Gasteiger partial charge in [-0.1, -0.05) is 36.0 Å². The highest BCUT2D eigenvalue weighted by atomic mass is 32.2. The van der Waals surface area contributed by atoms with Gasteiger partial charge in [-0.05, 0) is 62.3 Å². The second-order valence-corrected chi connectivity index (χ2v) is 10.0. The predicted octanol–water partition coefficient (Wildman–Crippen LogP) is 4.43. The van der Waals surface area contributed by atoms with Crippen LogP contribution in [0.25, 0.3) is 0 Å². The molecule has 0 heterocycles. The van der Waals surface area contributed by atoms with Crippen LogP contribution in [0.15, 0.2) is 24.3 Å². The number of amides is 1. The van der Waals surface area contributed by atoms with E-state index < -0.39 is 0 Å². The summed E-state index contributed by atoms with van der Waals surface area (Å²) in [6.07, 6.45) is 9.55. The van der Waals surface area contributed by atoms with Crippen LogP contribution in [0.3, 0.4) is 0 Å². The van der Waals surface area contributed by atoms with Gasteiger partial charge in [-0.3, -0.25) is 18.6 Å². The Hall–Kier alpha value is -1.42. The van der Waals surface area contributed by atoms with Crippen LogP contribution in [0.1, 0.15) is 50.5 Å². The number of unbranched alkanes of at least 4 members (excludes halogenated alkanes) is 2. The summed E-state index contributed by atoms with van der Waals surface area (Å²) in [7, 11) is 5.45. The maximum atomic E-state index is 13.0. The number of carbonyl (C=O) groups excluding carboxylic acids is 2. The molecule has 1 amide bonds. The van der Waals surface area contributed by atoms with Crippen molar-refractivity contribution in [2.75, 3.05) is 64.8 Å². The van der Waals surface area contributed by atoms with Gasteiger partial charge in [0.05, 0.1) is 7.11 Å². The van der Waals surface area contributed by atoms with Gasteiger partial charge in [-0.25, -0.2) is 0 Å². The van der Waals surface area contributed by atoms with E-state index in [1.807, 2.05) is 19.0 Å². The molecule has 0 spiro atoms. The van der Waals surface area contributed by atoms with Gasteiger partial charge in [0.1, 0.15) is 0 Å². The van der Waals surface area contributed by atoms with Crippen molar-refractivity contribution in [3.05, 3.63) is 29.8 Å². The van der Waals surface area contributed by atoms with Crippen LogP contribution in [0.4, 0.5) is 5.69 Å². The molecule has 0 fully saturated rings. The quantitative estimate of drug-likeness (QED) is 0.166. The fourth-order valence-electron chi connectivity index (χ4n) is 3.53. The van der Waals surface area contributed by atoms with E-state index in [1.165, 1.54) is 7.11 Å². The molecule has 0 saturated carbocycles. The van der Waals surface area contributed by atoms with Crippen LogP contribution in [0, 0.1) is 0 Å². The van der Waals surface area contributed by atoms with Gasteiger partial charge in [0, 0.05) is 65.3 Å². The summed E-state index contributed by atoms with van der Waals surface area (Å²) in [5.74, 6) is -0.0562. The average molecular weight is 513 g/mol. The van der Waals surface area contributed by atoms with E-state index in [0.717, 1.165) is 56.7 Å². The molecule has 1 aromatic rings. The monoisotopic (exact) mass is 512 g/mol. The van der Waals surface area contributed by atoms with E-state index in [2.05, 4.69) is 50.7 Å². The highest BCUT2D eigenvalue weighted by molar-refractivity contribution is 7.96. The molecule has 1 aromatic carbocycles. The molecular weight excluding hydrogens is 468 g/mol. The number of esters is 1. The van der Waals surface area contributed by atoms with Gasteiger partial charge in [0.15, 0.2) is 0 Å². The number of hydrogen-bond donors (Lipinski definition) is 1. The van der Waals surface area contributed by atoms with E-state index >= 15 is 0 Å². The third-order valence-electron chi connectivity index (χ3n) is 5.60. The molecule has 0 radical (unpaired) electrons. The lowest BCUT2D eigenvalue weighted by Crippen LogP contribution is -2.32. The lowest BCUT2D eigenvalue weighted by molar-refractivity contribution is -0.141. The van der Waals surface area contributed by atoms with Gasteiger partial charge in [-0.15, -0.1) is 0 Å². The standard InChI is InChI=1S/C25H44N4O3S2/c1-27(2)23-15-13-22(14-16-23)21-28(24(30)11-6-7-12-25(31)32-3)18-8-9-19-29(34-5)20-10-17-26-33-4/h13-16,26H,6-12,17-21H2,1-5H3. The number of ether oxygens (including phenoxy) is 1. The first-order valence-electron chi connectivity index (χ1n) is 12.1. The lowest BCUT2D eigenvalue weighted by Gasteiger charge is -2.24. The molecule has 9 heteroatoms. The van der Waals surface area contributed by atoms with Crippen LogP contribution in [0.2, 0.25) is 0 Å². The minimum absolute atomic E-state index is 0.159. The van der Waals surface area contributed by atoms with E-state index in [9.17, 15) is 9.59 Å². The number of benzene rings is 1. The van der Waals surface area contributed by atoms with Crippen LogP contribution in [-0.4, -0.2) is 81.0 Å². The highest BCUT2D eigenvalue weighted by Crippen LogP contribution is 2.16. The first-order chi connectivity index (χ1) is 16.4. The van der Waals surface area contributed by atoms with Crippen molar-refractivity contribution >= 4 is 41.5 Å². The Balaban J connectivity index is 2.58. The largest absolute Gasteiger partial charge is 0.469 e. The zero-order valence-electron chi connectivity index (χ0n) is 21.7. The van der Waals surface area contributed by atoms with Gasteiger partial charge in [0.25, 0.3) is 0 Å². The minimum Gasteiger partial charge on any atom is -0.469 e. The van der Waals surface area contributed by atoms with Gasteiger partial charge in [0.2, 0.25) is 5.91 Å². The van der Waals surface area contributed by atoms with Gasteiger partial charge in [-0.2, -0.15) is 0 Å². The lowest BCUT2D eigenvalue weighted by atomic mass is 10.1. The summed E-state index contributed by atoms with van der Waals surface area (Å²) < 4.78 is 10.4. The topological polar surface area (TPSA) is 65.1 Å². The Kier molecular flexibility index (Phi) is 17.0. The smallest absolute Gasteiger partial charge is 0.305 e. The van der Waals surface area contributed by atoms with Crippen molar-refractivity contribution in [1.82, 2.24) is 13.9 Å². The third kappa shape index (κ3) is 13.5. The summed E-state index contributed by atoms with van der Waals surface area (Å²) in [5.41, 5.74) is 2.29. The summed E-state index contributed by atoms with van der Waals surface area (Å²) in [6.45, 7) is 4.48. The molecule has 0 aliphatic heterocycles. The molecule has 0 bridgehead atoms. The number of methoxy groups -OCH3 is 1. The highest BCUT2D eigenvalue weighted by Gasteiger charge is 2.15. The summed E-state index contributed by atoms with van der Waals surface area (Å²) in [5, 5.41) is 0. The molecule has 0 aliphatic carbocycles.